The molecule has 2 N–H and O–H groups in total. The quantitative estimate of drug-likeness (QED) is 0.675. The van der Waals surface area contributed by atoms with Crippen molar-refractivity contribution in [1.82, 2.24) is 4.90 Å². The first-order chi connectivity index (χ1) is 8.83. The number of aliphatic hydroxyl groups is 1. The Kier molecular flexibility index (Phi) is 3.82. The molecule has 0 aromatic carbocycles. The maximum Gasteiger partial charge on any atom is 0.326 e. The number of amides is 1. The number of carbonyl (C=O) groups excluding carboxylic acids is 1. The highest BCUT2D eigenvalue weighted by Gasteiger charge is 2.45. The number of sulfone groups is 1. The van der Waals surface area contributed by atoms with Crippen LogP contribution >= 0.6 is 0 Å². The SMILES string of the molecule is O=C(O)[C@@H]1C[C@@H](O)CN1C(=O)C1CCCCS1(=O)=O. The second-order valence-corrected chi connectivity index (χ2v) is 7.39. The molecule has 3 atom stereocenters. The molecule has 2 rings (SSSR count). The summed E-state index contributed by atoms with van der Waals surface area (Å²) >= 11 is 0. The molecule has 108 valence electrons. The van der Waals surface area contributed by atoms with Crippen LogP contribution in [0.2, 0.25) is 0 Å². The Hall–Kier alpha value is -1.15. The average Bonchev–Trinajstić information content (AvgIpc) is 2.70. The van der Waals surface area contributed by atoms with Crippen LogP contribution in [-0.2, 0) is 19.4 Å². The fourth-order valence-electron chi connectivity index (χ4n) is 2.71. The van der Waals surface area contributed by atoms with Crippen LogP contribution in [0.15, 0.2) is 0 Å². The van der Waals surface area contributed by atoms with Crippen molar-refractivity contribution in [3.05, 3.63) is 0 Å². The molecule has 0 bridgehead atoms. The molecule has 1 unspecified atom stereocenters. The van der Waals surface area contributed by atoms with E-state index in [1.165, 1.54) is 0 Å². The lowest BCUT2D eigenvalue weighted by Gasteiger charge is -2.28. The van der Waals surface area contributed by atoms with E-state index in [0.29, 0.717) is 12.8 Å². The lowest BCUT2D eigenvalue weighted by Crippen LogP contribution is -2.49. The molecule has 0 radical (unpaired) electrons. The monoisotopic (exact) mass is 291 g/mol. The molecule has 0 aromatic heterocycles. The molecular formula is C11H17NO6S. The van der Waals surface area contributed by atoms with Crippen LogP contribution in [0, 0.1) is 0 Å². The summed E-state index contributed by atoms with van der Waals surface area (Å²) in [6, 6.07) is -1.13. The van der Waals surface area contributed by atoms with Gasteiger partial charge in [-0.05, 0) is 12.8 Å². The molecule has 2 aliphatic heterocycles. The van der Waals surface area contributed by atoms with Crippen LogP contribution in [-0.4, -0.2) is 65.1 Å². The highest BCUT2D eigenvalue weighted by molar-refractivity contribution is 7.92. The highest BCUT2D eigenvalue weighted by Crippen LogP contribution is 2.26. The molecule has 2 heterocycles. The Morgan fingerprint density at radius 2 is 1.89 bits per heavy atom. The summed E-state index contributed by atoms with van der Waals surface area (Å²) in [5.41, 5.74) is 0. The second-order valence-electron chi connectivity index (χ2n) is 5.09. The summed E-state index contributed by atoms with van der Waals surface area (Å²) in [4.78, 5) is 24.3. The third kappa shape index (κ3) is 2.74. The molecule has 19 heavy (non-hydrogen) atoms. The van der Waals surface area contributed by atoms with Gasteiger partial charge in [0.25, 0.3) is 0 Å². The minimum atomic E-state index is -3.49. The van der Waals surface area contributed by atoms with Crippen molar-refractivity contribution < 1.29 is 28.2 Å². The first kappa shape index (κ1) is 14.3. The number of carbonyl (C=O) groups is 2. The number of likely N-dealkylation sites (tertiary alicyclic amines) is 1. The van der Waals surface area contributed by atoms with Crippen LogP contribution in [0.4, 0.5) is 0 Å². The number of hydrogen-bond donors (Lipinski definition) is 2. The minimum absolute atomic E-state index is 0.0302. The smallest absolute Gasteiger partial charge is 0.326 e. The van der Waals surface area contributed by atoms with Crippen LogP contribution in [0.5, 0.6) is 0 Å². The number of nitrogens with zero attached hydrogens (tertiary/aromatic N) is 1. The molecule has 0 saturated carbocycles. The minimum Gasteiger partial charge on any atom is -0.480 e. The summed E-state index contributed by atoms with van der Waals surface area (Å²) in [5.74, 6) is -1.92. The van der Waals surface area contributed by atoms with Crippen LogP contribution < -0.4 is 0 Å². The topological polar surface area (TPSA) is 112 Å². The molecule has 2 fully saturated rings. The zero-order chi connectivity index (χ0) is 14.2. The lowest BCUT2D eigenvalue weighted by atomic mass is 10.1. The maximum absolute atomic E-state index is 12.2. The van der Waals surface area contributed by atoms with Gasteiger partial charge in [-0.25, -0.2) is 13.2 Å². The average molecular weight is 291 g/mol. The molecule has 0 spiro atoms. The van der Waals surface area contributed by atoms with Crippen molar-refractivity contribution in [3.63, 3.8) is 0 Å². The van der Waals surface area contributed by atoms with Gasteiger partial charge in [0.05, 0.1) is 11.9 Å². The molecule has 7 nitrogen and oxygen atoms in total. The van der Waals surface area contributed by atoms with Gasteiger partial charge in [0.1, 0.15) is 11.3 Å². The second kappa shape index (κ2) is 5.09. The number of aliphatic hydroxyl groups excluding tert-OH is 1. The number of carboxylic acid groups (broad SMARTS) is 1. The lowest BCUT2D eigenvalue weighted by molar-refractivity contribution is -0.148. The van der Waals surface area contributed by atoms with Crippen molar-refractivity contribution in [2.75, 3.05) is 12.3 Å². The Morgan fingerprint density at radius 1 is 1.21 bits per heavy atom. The molecule has 0 aliphatic carbocycles. The van der Waals surface area contributed by atoms with Crippen molar-refractivity contribution >= 4 is 21.7 Å². The van der Waals surface area contributed by atoms with Crippen LogP contribution in [0.25, 0.3) is 0 Å². The third-order valence-electron chi connectivity index (χ3n) is 3.70. The van der Waals surface area contributed by atoms with E-state index in [2.05, 4.69) is 0 Å². The summed E-state index contributed by atoms with van der Waals surface area (Å²) in [6.07, 6.45) is 0.464. The van der Waals surface area contributed by atoms with Gasteiger partial charge in [0.15, 0.2) is 9.84 Å². The molecule has 1 amide bonds. The number of aliphatic carboxylic acids is 1. The Balaban J connectivity index is 2.21. The van der Waals surface area contributed by atoms with Crippen molar-refractivity contribution in [2.45, 2.75) is 43.1 Å². The summed E-state index contributed by atoms with van der Waals surface area (Å²) in [5, 5.41) is 17.4. The van der Waals surface area contributed by atoms with Crippen molar-refractivity contribution in [1.29, 1.82) is 0 Å². The van der Waals surface area contributed by atoms with Crippen molar-refractivity contribution in [2.24, 2.45) is 0 Å². The standard InChI is InChI=1S/C11H17NO6S/c13-7-5-8(11(15)16)12(6-7)10(14)9-3-1-2-4-19(9,17)18/h7-9,13H,1-6H2,(H,15,16)/t7-,8+,9?/m1/s1. The van der Waals surface area contributed by atoms with E-state index in [0.717, 1.165) is 4.90 Å². The molecule has 8 heteroatoms. The fraction of sp³-hybridized carbons (Fsp3) is 0.818. The van der Waals surface area contributed by atoms with E-state index >= 15 is 0 Å². The predicted octanol–water partition coefficient (Wildman–Crippen LogP) is -1.000. The predicted molar refractivity (Wildman–Crippen MR) is 65.2 cm³/mol. The van der Waals surface area contributed by atoms with E-state index in [9.17, 15) is 23.1 Å². The van der Waals surface area contributed by atoms with E-state index in [-0.39, 0.29) is 25.1 Å². The van der Waals surface area contributed by atoms with Gasteiger partial charge in [-0.1, -0.05) is 6.42 Å². The molecule has 2 aliphatic rings. The van der Waals surface area contributed by atoms with E-state index in [1.54, 1.807) is 0 Å². The van der Waals surface area contributed by atoms with Crippen molar-refractivity contribution in [3.8, 4) is 0 Å². The first-order valence-electron chi connectivity index (χ1n) is 6.26. The Morgan fingerprint density at radius 3 is 2.47 bits per heavy atom. The van der Waals surface area contributed by atoms with Gasteiger partial charge in [-0.3, -0.25) is 4.79 Å². The van der Waals surface area contributed by atoms with Gasteiger partial charge in [0.2, 0.25) is 5.91 Å². The fourth-order valence-corrected chi connectivity index (χ4v) is 4.57. The molecular weight excluding hydrogens is 274 g/mol. The van der Waals surface area contributed by atoms with Gasteiger partial charge in [0, 0.05) is 13.0 Å². The maximum atomic E-state index is 12.2. The summed E-state index contributed by atoms with van der Waals surface area (Å²) < 4.78 is 23.8. The highest BCUT2D eigenvalue weighted by atomic mass is 32.2. The van der Waals surface area contributed by atoms with Crippen LogP contribution in [0.3, 0.4) is 0 Å². The Labute approximate surface area is 111 Å². The van der Waals surface area contributed by atoms with Gasteiger partial charge < -0.3 is 15.1 Å². The number of rotatable bonds is 2. The van der Waals surface area contributed by atoms with Gasteiger partial charge in [-0.2, -0.15) is 0 Å². The van der Waals surface area contributed by atoms with E-state index in [1.807, 2.05) is 0 Å². The zero-order valence-corrected chi connectivity index (χ0v) is 11.2. The van der Waals surface area contributed by atoms with Crippen LogP contribution in [0.1, 0.15) is 25.7 Å². The molecule has 0 aromatic rings. The van der Waals surface area contributed by atoms with Gasteiger partial charge >= 0.3 is 5.97 Å². The number of carboxylic acids is 1. The van der Waals surface area contributed by atoms with E-state index < -0.39 is 39.1 Å². The summed E-state index contributed by atoms with van der Waals surface area (Å²) in [6.45, 7) is -0.109. The summed E-state index contributed by atoms with van der Waals surface area (Å²) in [7, 11) is -3.49. The number of hydrogen-bond acceptors (Lipinski definition) is 5. The Bertz CT molecular complexity index is 487. The van der Waals surface area contributed by atoms with Gasteiger partial charge in [-0.15, -0.1) is 0 Å². The normalized spacial score (nSPS) is 34.2. The molecule has 2 saturated heterocycles. The first-order valence-corrected chi connectivity index (χ1v) is 7.97. The largest absolute Gasteiger partial charge is 0.480 e. The number of β-amino-alcohol motifs (C(OH)–C–C–N with tert-alkyl or cyclic N) is 1. The zero-order valence-electron chi connectivity index (χ0n) is 10.4. The van der Waals surface area contributed by atoms with E-state index in [4.69, 9.17) is 5.11 Å². The third-order valence-corrected chi connectivity index (χ3v) is 5.86.